The summed E-state index contributed by atoms with van der Waals surface area (Å²) in [5.74, 6) is 0.889. The van der Waals surface area contributed by atoms with E-state index in [1.165, 1.54) is 45.2 Å². The summed E-state index contributed by atoms with van der Waals surface area (Å²) in [5, 5.41) is 0. The van der Waals surface area contributed by atoms with Crippen LogP contribution < -0.4 is 5.73 Å². The molecule has 2 rings (SSSR count). The largest absolute Gasteiger partial charge is 0.329 e. The van der Waals surface area contributed by atoms with Crippen molar-refractivity contribution in [2.24, 2.45) is 17.1 Å². The standard InChI is InChI=1S/C13H26N2/c1-13(2)9-15(10-13)12(8-14)11-6-4-3-5-7-11/h11-12H,3-10,14H2,1-2H3. The molecule has 2 heteroatoms. The molecule has 1 saturated heterocycles. The molecule has 1 saturated carbocycles. The van der Waals surface area contributed by atoms with Crippen LogP contribution in [0.15, 0.2) is 0 Å². The third-order valence-corrected chi connectivity index (χ3v) is 4.17. The Morgan fingerprint density at radius 2 is 1.80 bits per heavy atom. The predicted molar refractivity (Wildman–Crippen MR) is 64.8 cm³/mol. The lowest BCUT2D eigenvalue weighted by molar-refractivity contribution is -0.0285. The van der Waals surface area contributed by atoms with Crippen molar-refractivity contribution in [3.63, 3.8) is 0 Å². The summed E-state index contributed by atoms with van der Waals surface area (Å²) in [5.41, 5.74) is 6.50. The number of nitrogens with zero attached hydrogens (tertiary/aromatic N) is 1. The third kappa shape index (κ3) is 2.54. The Kier molecular flexibility index (Phi) is 3.36. The van der Waals surface area contributed by atoms with Gasteiger partial charge in [-0.05, 0) is 24.2 Å². The molecule has 0 aromatic carbocycles. The maximum atomic E-state index is 5.96. The van der Waals surface area contributed by atoms with E-state index in [0.29, 0.717) is 11.5 Å². The molecule has 0 spiro atoms. The molecule has 1 aliphatic heterocycles. The first-order valence-corrected chi connectivity index (χ1v) is 6.56. The van der Waals surface area contributed by atoms with E-state index < -0.39 is 0 Å². The SMILES string of the molecule is CC1(C)CN(C(CN)C2CCCCC2)C1. The number of likely N-dealkylation sites (tertiary alicyclic amines) is 1. The lowest BCUT2D eigenvalue weighted by atomic mass is 9.77. The fourth-order valence-corrected chi connectivity index (χ4v) is 3.45. The molecule has 1 atom stereocenters. The number of nitrogens with two attached hydrogens (primary N) is 1. The first kappa shape index (κ1) is 11.4. The molecule has 0 radical (unpaired) electrons. The summed E-state index contributed by atoms with van der Waals surface area (Å²) >= 11 is 0. The molecule has 1 unspecified atom stereocenters. The minimum absolute atomic E-state index is 0.544. The topological polar surface area (TPSA) is 29.3 Å². The molecule has 0 aromatic heterocycles. The monoisotopic (exact) mass is 210 g/mol. The van der Waals surface area contributed by atoms with Gasteiger partial charge in [0.1, 0.15) is 0 Å². The van der Waals surface area contributed by atoms with Gasteiger partial charge in [-0.1, -0.05) is 33.1 Å². The van der Waals surface area contributed by atoms with Crippen molar-refractivity contribution in [2.75, 3.05) is 19.6 Å². The summed E-state index contributed by atoms with van der Waals surface area (Å²) in [6.45, 7) is 8.09. The van der Waals surface area contributed by atoms with E-state index in [2.05, 4.69) is 18.7 Å². The van der Waals surface area contributed by atoms with Crippen molar-refractivity contribution in [3.8, 4) is 0 Å². The van der Waals surface area contributed by atoms with Gasteiger partial charge >= 0.3 is 0 Å². The fraction of sp³-hybridized carbons (Fsp3) is 1.00. The summed E-state index contributed by atoms with van der Waals surface area (Å²) in [6, 6.07) is 0.679. The van der Waals surface area contributed by atoms with Crippen LogP contribution in [-0.4, -0.2) is 30.6 Å². The van der Waals surface area contributed by atoms with Gasteiger partial charge in [-0.3, -0.25) is 4.90 Å². The van der Waals surface area contributed by atoms with E-state index in [-0.39, 0.29) is 0 Å². The highest BCUT2D eigenvalue weighted by Crippen LogP contribution is 2.36. The van der Waals surface area contributed by atoms with Crippen molar-refractivity contribution in [3.05, 3.63) is 0 Å². The van der Waals surface area contributed by atoms with E-state index in [1.54, 1.807) is 0 Å². The molecular weight excluding hydrogens is 184 g/mol. The summed E-state index contributed by atoms with van der Waals surface area (Å²) in [6.07, 6.45) is 7.13. The molecule has 2 fully saturated rings. The zero-order valence-corrected chi connectivity index (χ0v) is 10.3. The molecule has 2 nitrogen and oxygen atoms in total. The van der Waals surface area contributed by atoms with Crippen LogP contribution in [0.2, 0.25) is 0 Å². The van der Waals surface area contributed by atoms with Crippen LogP contribution in [0, 0.1) is 11.3 Å². The highest BCUT2D eigenvalue weighted by Gasteiger charge is 2.40. The maximum Gasteiger partial charge on any atom is 0.0247 e. The number of hydrogen-bond acceptors (Lipinski definition) is 2. The molecule has 2 N–H and O–H groups in total. The average molecular weight is 210 g/mol. The van der Waals surface area contributed by atoms with E-state index in [0.717, 1.165) is 12.5 Å². The Labute approximate surface area is 94.2 Å². The highest BCUT2D eigenvalue weighted by atomic mass is 15.2. The van der Waals surface area contributed by atoms with Gasteiger partial charge in [0.15, 0.2) is 0 Å². The molecule has 0 amide bonds. The minimum atomic E-state index is 0.544. The first-order chi connectivity index (χ1) is 7.12. The Morgan fingerprint density at radius 3 is 2.27 bits per heavy atom. The van der Waals surface area contributed by atoms with Crippen LogP contribution in [-0.2, 0) is 0 Å². The number of rotatable bonds is 3. The van der Waals surface area contributed by atoms with Crippen molar-refractivity contribution < 1.29 is 0 Å². The van der Waals surface area contributed by atoms with Crippen LogP contribution in [0.5, 0.6) is 0 Å². The Bertz CT molecular complexity index is 199. The van der Waals surface area contributed by atoms with Crippen LogP contribution in [0.3, 0.4) is 0 Å². The lowest BCUT2D eigenvalue weighted by Crippen LogP contribution is -2.61. The highest BCUT2D eigenvalue weighted by molar-refractivity contribution is 4.94. The number of hydrogen-bond donors (Lipinski definition) is 1. The first-order valence-electron chi connectivity index (χ1n) is 6.56. The Hall–Kier alpha value is -0.0800. The van der Waals surface area contributed by atoms with Crippen LogP contribution in [0.4, 0.5) is 0 Å². The average Bonchev–Trinajstić information content (AvgIpc) is 2.18. The zero-order chi connectivity index (χ0) is 10.9. The zero-order valence-electron chi connectivity index (χ0n) is 10.3. The molecule has 0 aromatic rings. The molecule has 0 bridgehead atoms. The smallest absolute Gasteiger partial charge is 0.0247 e. The Balaban J connectivity index is 1.87. The van der Waals surface area contributed by atoms with Gasteiger partial charge in [0.2, 0.25) is 0 Å². The summed E-state index contributed by atoms with van der Waals surface area (Å²) in [7, 11) is 0. The quantitative estimate of drug-likeness (QED) is 0.774. The second-order valence-electron chi connectivity index (χ2n) is 6.27. The van der Waals surface area contributed by atoms with E-state index in [4.69, 9.17) is 5.73 Å². The van der Waals surface area contributed by atoms with E-state index in [9.17, 15) is 0 Å². The molecule has 88 valence electrons. The van der Waals surface area contributed by atoms with Gasteiger partial charge < -0.3 is 5.73 Å². The molecule has 15 heavy (non-hydrogen) atoms. The summed E-state index contributed by atoms with van der Waals surface area (Å²) in [4.78, 5) is 2.62. The second-order valence-corrected chi connectivity index (χ2v) is 6.27. The van der Waals surface area contributed by atoms with Crippen LogP contribution in [0.25, 0.3) is 0 Å². The molecule has 2 aliphatic rings. The van der Waals surface area contributed by atoms with Crippen LogP contribution >= 0.6 is 0 Å². The predicted octanol–water partition coefficient (Wildman–Crippen LogP) is 2.24. The van der Waals surface area contributed by atoms with Gasteiger partial charge in [-0.15, -0.1) is 0 Å². The van der Waals surface area contributed by atoms with Gasteiger partial charge in [0, 0.05) is 25.7 Å². The minimum Gasteiger partial charge on any atom is -0.329 e. The molecule has 1 aliphatic carbocycles. The van der Waals surface area contributed by atoms with E-state index in [1.807, 2.05) is 0 Å². The summed E-state index contributed by atoms with van der Waals surface area (Å²) < 4.78 is 0. The third-order valence-electron chi connectivity index (χ3n) is 4.17. The second kappa shape index (κ2) is 4.42. The van der Waals surface area contributed by atoms with Crippen molar-refractivity contribution in [1.82, 2.24) is 4.90 Å². The van der Waals surface area contributed by atoms with Crippen molar-refractivity contribution in [2.45, 2.75) is 52.0 Å². The lowest BCUT2D eigenvalue weighted by Gasteiger charge is -2.52. The fourth-order valence-electron chi connectivity index (χ4n) is 3.45. The van der Waals surface area contributed by atoms with Gasteiger partial charge in [0.25, 0.3) is 0 Å². The molecule has 1 heterocycles. The van der Waals surface area contributed by atoms with Crippen LogP contribution in [0.1, 0.15) is 46.0 Å². The molecular formula is C13H26N2. The Morgan fingerprint density at radius 1 is 1.20 bits per heavy atom. The van der Waals surface area contributed by atoms with Crippen molar-refractivity contribution >= 4 is 0 Å². The normalized spacial score (nSPS) is 29.8. The van der Waals surface area contributed by atoms with Gasteiger partial charge in [-0.2, -0.15) is 0 Å². The van der Waals surface area contributed by atoms with Gasteiger partial charge in [-0.25, -0.2) is 0 Å². The maximum absolute atomic E-state index is 5.96. The van der Waals surface area contributed by atoms with E-state index >= 15 is 0 Å². The van der Waals surface area contributed by atoms with Gasteiger partial charge in [0.05, 0.1) is 0 Å². The van der Waals surface area contributed by atoms with Crippen molar-refractivity contribution in [1.29, 1.82) is 0 Å².